The molecule has 0 amide bonds. The average Bonchev–Trinajstić information content (AvgIpc) is 2.37. The summed E-state index contributed by atoms with van der Waals surface area (Å²) in [6.07, 6.45) is 2.28. The highest BCUT2D eigenvalue weighted by atomic mass is 16.5. The summed E-state index contributed by atoms with van der Waals surface area (Å²) < 4.78 is 11.1. The summed E-state index contributed by atoms with van der Waals surface area (Å²) in [6, 6.07) is 7.31. The Hall–Kier alpha value is -1.97. The molecule has 0 aromatic heterocycles. The van der Waals surface area contributed by atoms with Crippen LogP contribution in [-0.2, 0) is 4.79 Å². The van der Waals surface area contributed by atoms with E-state index in [9.17, 15) is 4.79 Å². The molecule has 1 aromatic rings. The van der Waals surface area contributed by atoms with Crippen molar-refractivity contribution in [3.63, 3.8) is 0 Å². The molecule has 0 spiro atoms. The van der Waals surface area contributed by atoms with Crippen LogP contribution in [0, 0.1) is 0 Å². The summed E-state index contributed by atoms with van der Waals surface area (Å²) in [7, 11) is 0. The molecule has 4 nitrogen and oxygen atoms in total. The van der Waals surface area contributed by atoms with Crippen molar-refractivity contribution in [2.75, 3.05) is 6.61 Å². The minimum Gasteiger partial charge on any atom is -0.491 e. The normalized spacial score (nSPS) is 12.9. The van der Waals surface area contributed by atoms with Gasteiger partial charge in [-0.05, 0) is 50.1 Å². The number of carboxylic acids is 1. The number of ether oxygens (including phenoxy) is 2. The SMILES string of the molecule is CCC(C)Oc1ccc(OC/C(C)=C\C(=O)O)cc1. The Morgan fingerprint density at radius 3 is 2.42 bits per heavy atom. The molecule has 0 bridgehead atoms. The van der Waals surface area contributed by atoms with Gasteiger partial charge in [-0.2, -0.15) is 0 Å². The number of hydrogen-bond donors (Lipinski definition) is 1. The maximum absolute atomic E-state index is 10.4. The van der Waals surface area contributed by atoms with E-state index in [4.69, 9.17) is 14.6 Å². The molecular formula is C15H20O4. The van der Waals surface area contributed by atoms with E-state index in [0.29, 0.717) is 11.3 Å². The van der Waals surface area contributed by atoms with Gasteiger partial charge in [-0.3, -0.25) is 0 Å². The van der Waals surface area contributed by atoms with Crippen molar-refractivity contribution in [3.8, 4) is 11.5 Å². The van der Waals surface area contributed by atoms with Crippen molar-refractivity contribution in [3.05, 3.63) is 35.9 Å². The van der Waals surface area contributed by atoms with Gasteiger partial charge in [0.1, 0.15) is 18.1 Å². The summed E-state index contributed by atoms with van der Waals surface area (Å²) in [5, 5.41) is 8.58. The highest BCUT2D eigenvalue weighted by Crippen LogP contribution is 2.19. The first kappa shape index (κ1) is 15.1. The number of rotatable bonds is 7. The standard InChI is InChI=1S/C15H20O4/c1-4-12(3)19-14-7-5-13(6-8-14)18-10-11(2)9-15(16)17/h5-9,12H,4,10H2,1-3H3,(H,16,17)/b11-9-. The summed E-state index contributed by atoms with van der Waals surface area (Å²) in [6.45, 7) is 6.07. The average molecular weight is 264 g/mol. The molecule has 0 saturated carbocycles. The van der Waals surface area contributed by atoms with Crippen LogP contribution in [0.4, 0.5) is 0 Å². The monoisotopic (exact) mass is 264 g/mol. The van der Waals surface area contributed by atoms with Crippen LogP contribution in [0.15, 0.2) is 35.9 Å². The molecule has 0 radical (unpaired) electrons. The molecule has 19 heavy (non-hydrogen) atoms. The Morgan fingerprint density at radius 1 is 1.32 bits per heavy atom. The van der Waals surface area contributed by atoms with Crippen molar-refractivity contribution in [2.24, 2.45) is 0 Å². The Labute approximate surface area is 113 Å². The number of carboxylic acid groups (broad SMARTS) is 1. The fraction of sp³-hybridized carbons (Fsp3) is 0.400. The molecule has 0 heterocycles. The number of aliphatic carboxylic acids is 1. The van der Waals surface area contributed by atoms with E-state index in [-0.39, 0.29) is 12.7 Å². The second-order valence-corrected chi connectivity index (χ2v) is 4.43. The molecule has 0 saturated heterocycles. The van der Waals surface area contributed by atoms with Crippen molar-refractivity contribution in [1.29, 1.82) is 0 Å². The highest BCUT2D eigenvalue weighted by Gasteiger charge is 2.02. The van der Waals surface area contributed by atoms with E-state index in [1.165, 1.54) is 0 Å². The molecule has 0 aliphatic heterocycles. The lowest BCUT2D eigenvalue weighted by Crippen LogP contribution is -2.09. The first-order valence-corrected chi connectivity index (χ1v) is 6.31. The Balaban J connectivity index is 2.51. The lowest BCUT2D eigenvalue weighted by Gasteiger charge is -2.13. The summed E-state index contributed by atoms with van der Waals surface area (Å²) in [4.78, 5) is 10.4. The molecule has 0 fully saturated rings. The molecule has 104 valence electrons. The van der Waals surface area contributed by atoms with Crippen molar-refractivity contribution in [1.82, 2.24) is 0 Å². The van der Waals surface area contributed by atoms with Crippen LogP contribution in [-0.4, -0.2) is 23.8 Å². The zero-order chi connectivity index (χ0) is 14.3. The number of benzene rings is 1. The van der Waals surface area contributed by atoms with E-state index >= 15 is 0 Å². The van der Waals surface area contributed by atoms with E-state index in [2.05, 4.69) is 6.92 Å². The molecule has 1 N–H and O–H groups in total. The predicted molar refractivity (Wildman–Crippen MR) is 73.7 cm³/mol. The topological polar surface area (TPSA) is 55.8 Å². The first-order valence-electron chi connectivity index (χ1n) is 6.31. The number of hydrogen-bond acceptors (Lipinski definition) is 3. The van der Waals surface area contributed by atoms with Gasteiger partial charge in [0.05, 0.1) is 6.10 Å². The molecule has 1 rings (SSSR count). The fourth-order valence-electron chi connectivity index (χ4n) is 1.38. The van der Waals surface area contributed by atoms with Gasteiger partial charge in [-0.15, -0.1) is 0 Å². The zero-order valence-corrected chi connectivity index (χ0v) is 11.6. The minimum absolute atomic E-state index is 0.188. The van der Waals surface area contributed by atoms with Gasteiger partial charge >= 0.3 is 5.97 Å². The summed E-state index contributed by atoms with van der Waals surface area (Å²) >= 11 is 0. The second-order valence-electron chi connectivity index (χ2n) is 4.43. The smallest absolute Gasteiger partial charge is 0.328 e. The van der Waals surface area contributed by atoms with Crippen LogP contribution in [0.2, 0.25) is 0 Å². The lowest BCUT2D eigenvalue weighted by atomic mass is 10.3. The van der Waals surface area contributed by atoms with E-state index in [1.54, 1.807) is 6.92 Å². The molecule has 1 unspecified atom stereocenters. The van der Waals surface area contributed by atoms with Crippen molar-refractivity contribution < 1.29 is 19.4 Å². The number of carbonyl (C=O) groups is 1. The van der Waals surface area contributed by atoms with Crippen LogP contribution >= 0.6 is 0 Å². The predicted octanol–water partition coefficient (Wildman–Crippen LogP) is 3.27. The van der Waals surface area contributed by atoms with E-state index in [0.717, 1.165) is 18.2 Å². The molecular weight excluding hydrogens is 244 g/mol. The van der Waals surface area contributed by atoms with Gasteiger partial charge in [0.25, 0.3) is 0 Å². The van der Waals surface area contributed by atoms with Gasteiger partial charge in [0, 0.05) is 6.08 Å². The Morgan fingerprint density at radius 2 is 1.89 bits per heavy atom. The minimum atomic E-state index is -0.960. The third-order valence-electron chi connectivity index (χ3n) is 2.57. The Kier molecular flexibility index (Phi) is 5.93. The van der Waals surface area contributed by atoms with Gasteiger partial charge in [-0.25, -0.2) is 4.79 Å². The van der Waals surface area contributed by atoms with Crippen LogP contribution in [0.5, 0.6) is 11.5 Å². The second kappa shape index (κ2) is 7.46. The molecule has 0 aliphatic carbocycles. The molecule has 4 heteroatoms. The van der Waals surface area contributed by atoms with Crippen molar-refractivity contribution in [2.45, 2.75) is 33.3 Å². The quantitative estimate of drug-likeness (QED) is 0.768. The molecule has 0 aliphatic rings. The van der Waals surface area contributed by atoms with Gasteiger partial charge in [-0.1, -0.05) is 6.92 Å². The fourth-order valence-corrected chi connectivity index (χ4v) is 1.38. The maximum Gasteiger partial charge on any atom is 0.328 e. The van der Waals surface area contributed by atoms with Gasteiger partial charge in [0.15, 0.2) is 0 Å². The van der Waals surface area contributed by atoms with Crippen LogP contribution in [0.3, 0.4) is 0 Å². The zero-order valence-electron chi connectivity index (χ0n) is 11.6. The van der Waals surface area contributed by atoms with Crippen molar-refractivity contribution >= 4 is 5.97 Å². The van der Waals surface area contributed by atoms with Crippen LogP contribution in [0.25, 0.3) is 0 Å². The Bertz CT molecular complexity index is 434. The molecule has 1 aromatic carbocycles. The van der Waals surface area contributed by atoms with E-state index < -0.39 is 5.97 Å². The lowest BCUT2D eigenvalue weighted by molar-refractivity contribution is -0.131. The first-order chi connectivity index (χ1) is 9.01. The summed E-state index contributed by atoms with van der Waals surface area (Å²) in [5.41, 5.74) is 0.660. The third kappa shape index (κ3) is 5.95. The van der Waals surface area contributed by atoms with Gasteiger partial charge in [0.2, 0.25) is 0 Å². The largest absolute Gasteiger partial charge is 0.491 e. The third-order valence-corrected chi connectivity index (χ3v) is 2.57. The van der Waals surface area contributed by atoms with Crippen LogP contribution < -0.4 is 9.47 Å². The molecule has 1 atom stereocenters. The maximum atomic E-state index is 10.4. The summed E-state index contributed by atoms with van der Waals surface area (Å²) in [5.74, 6) is 0.535. The van der Waals surface area contributed by atoms with Gasteiger partial charge < -0.3 is 14.6 Å². The highest BCUT2D eigenvalue weighted by molar-refractivity contribution is 5.80. The van der Waals surface area contributed by atoms with Crippen LogP contribution in [0.1, 0.15) is 27.2 Å². The van der Waals surface area contributed by atoms with E-state index in [1.807, 2.05) is 31.2 Å².